The Morgan fingerprint density at radius 1 is 1.14 bits per heavy atom. The molecule has 0 radical (unpaired) electrons. The molecule has 116 valence electrons. The van der Waals surface area contributed by atoms with Gasteiger partial charge in [-0.25, -0.2) is 8.78 Å². The Hall–Kier alpha value is -1.69. The van der Waals surface area contributed by atoms with Gasteiger partial charge in [-0.3, -0.25) is 4.90 Å². The maximum atomic E-state index is 13.0. The van der Waals surface area contributed by atoms with Crippen molar-refractivity contribution in [1.29, 1.82) is 0 Å². The monoisotopic (exact) mass is 297 g/mol. The molecule has 0 atom stereocenters. The Morgan fingerprint density at radius 3 is 2.52 bits per heavy atom. The summed E-state index contributed by atoms with van der Waals surface area (Å²) < 4.78 is 25.8. The summed E-state index contributed by atoms with van der Waals surface area (Å²) in [6, 6.07) is 3.62. The van der Waals surface area contributed by atoms with Crippen molar-refractivity contribution in [2.24, 2.45) is 10.9 Å². The fraction of sp³-hybridized carbons (Fsp3) is 0.533. The number of amidine groups is 1. The highest BCUT2D eigenvalue weighted by Gasteiger charge is 2.10. The largest absolute Gasteiger partial charge is 0.389 e. The minimum Gasteiger partial charge on any atom is -0.389 e. The van der Waals surface area contributed by atoms with Gasteiger partial charge in [0.15, 0.2) is 17.5 Å². The van der Waals surface area contributed by atoms with Crippen LogP contribution in [0, 0.1) is 11.6 Å². The molecule has 1 fully saturated rings. The van der Waals surface area contributed by atoms with Crippen LogP contribution in [0.3, 0.4) is 0 Å². The summed E-state index contributed by atoms with van der Waals surface area (Å²) in [5.74, 6) is -1.36. The van der Waals surface area contributed by atoms with Crippen molar-refractivity contribution in [2.75, 3.05) is 19.6 Å². The predicted octanol–water partition coefficient (Wildman–Crippen LogP) is 2.63. The Morgan fingerprint density at radius 2 is 1.86 bits per heavy atom. The van der Waals surface area contributed by atoms with Crippen molar-refractivity contribution >= 4 is 5.84 Å². The zero-order valence-electron chi connectivity index (χ0n) is 12.0. The van der Waals surface area contributed by atoms with E-state index in [4.69, 9.17) is 10.6 Å². The molecule has 1 heterocycles. The quantitative estimate of drug-likeness (QED) is 0.516. The summed E-state index contributed by atoms with van der Waals surface area (Å²) in [7, 11) is 0. The van der Waals surface area contributed by atoms with E-state index in [0.29, 0.717) is 17.9 Å². The lowest BCUT2D eigenvalue weighted by Gasteiger charge is -2.18. The molecule has 1 aromatic rings. The molecule has 4 nitrogen and oxygen atoms in total. The van der Waals surface area contributed by atoms with E-state index in [2.05, 4.69) is 10.1 Å². The third-order valence-corrected chi connectivity index (χ3v) is 3.48. The Balaban J connectivity index is 1.78. The van der Waals surface area contributed by atoms with Crippen molar-refractivity contribution in [2.45, 2.75) is 32.3 Å². The third-order valence-electron chi connectivity index (χ3n) is 3.48. The van der Waals surface area contributed by atoms with Crippen LogP contribution in [0.15, 0.2) is 23.4 Å². The zero-order chi connectivity index (χ0) is 15.1. The Labute approximate surface area is 123 Å². The molecule has 0 unspecified atom stereocenters. The first-order valence-corrected chi connectivity index (χ1v) is 7.26. The summed E-state index contributed by atoms with van der Waals surface area (Å²) in [4.78, 5) is 7.35. The van der Waals surface area contributed by atoms with Gasteiger partial charge in [-0.2, -0.15) is 0 Å². The molecular weight excluding hydrogens is 276 g/mol. The van der Waals surface area contributed by atoms with Crippen LogP contribution in [0.5, 0.6) is 0 Å². The maximum Gasteiger partial charge on any atom is 0.159 e. The SMILES string of the molecule is N/C(CN1CCCCCC1)=N/OCc1ccc(F)c(F)c1. The smallest absolute Gasteiger partial charge is 0.159 e. The summed E-state index contributed by atoms with van der Waals surface area (Å²) in [6.07, 6.45) is 4.90. The van der Waals surface area contributed by atoms with E-state index in [9.17, 15) is 8.78 Å². The van der Waals surface area contributed by atoms with Gasteiger partial charge in [0.2, 0.25) is 0 Å². The van der Waals surface area contributed by atoms with Crippen molar-refractivity contribution in [3.8, 4) is 0 Å². The lowest BCUT2D eigenvalue weighted by molar-refractivity contribution is 0.128. The molecule has 1 aliphatic rings. The average molecular weight is 297 g/mol. The molecule has 0 bridgehead atoms. The van der Waals surface area contributed by atoms with Gasteiger partial charge < -0.3 is 10.6 Å². The summed E-state index contributed by atoms with van der Waals surface area (Å²) in [6.45, 7) is 2.70. The van der Waals surface area contributed by atoms with Crippen LogP contribution in [-0.2, 0) is 11.4 Å². The van der Waals surface area contributed by atoms with Crippen molar-refractivity contribution in [3.63, 3.8) is 0 Å². The topological polar surface area (TPSA) is 50.8 Å². The lowest BCUT2D eigenvalue weighted by atomic mass is 10.2. The number of benzene rings is 1. The van der Waals surface area contributed by atoms with Gasteiger partial charge in [-0.15, -0.1) is 0 Å². The molecule has 0 amide bonds. The molecule has 2 rings (SSSR count). The molecule has 6 heteroatoms. The molecule has 0 aromatic heterocycles. The molecule has 21 heavy (non-hydrogen) atoms. The lowest BCUT2D eigenvalue weighted by Crippen LogP contribution is -2.34. The van der Waals surface area contributed by atoms with Crippen molar-refractivity contribution < 1.29 is 13.6 Å². The fourth-order valence-corrected chi connectivity index (χ4v) is 2.37. The molecule has 1 aliphatic heterocycles. The molecule has 1 aromatic carbocycles. The van der Waals surface area contributed by atoms with Gasteiger partial charge in [0.25, 0.3) is 0 Å². The van der Waals surface area contributed by atoms with Crippen LogP contribution in [0.1, 0.15) is 31.2 Å². The van der Waals surface area contributed by atoms with Crippen LogP contribution in [0.4, 0.5) is 8.78 Å². The van der Waals surface area contributed by atoms with E-state index in [1.54, 1.807) is 0 Å². The van der Waals surface area contributed by atoms with Gasteiger partial charge >= 0.3 is 0 Å². The van der Waals surface area contributed by atoms with Crippen LogP contribution >= 0.6 is 0 Å². The van der Waals surface area contributed by atoms with Gasteiger partial charge in [-0.05, 0) is 43.6 Å². The number of oxime groups is 1. The minimum atomic E-state index is -0.891. The van der Waals surface area contributed by atoms with Gasteiger partial charge in [0.05, 0.1) is 6.54 Å². The van der Waals surface area contributed by atoms with Gasteiger partial charge in [0.1, 0.15) is 6.61 Å². The van der Waals surface area contributed by atoms with Crippen LogP contribution < -0.4 is 5.73 Å². The predicted molar refractivity (Wildman–Crippen MR) is 77.7 cm³/mol. The van der Waals surface area contributed by atoms with E-state index >= 15 is 0 Å². The number of rotatable bonds is 5. The summed E-state index contributed by atoms with van der Waals surface area (Å²) in [5.41, 5.74) is 6.34. The van der Waals surface area contributed by atoms with E-state index in [0.717, 1.165) is 25.2 Å². The first-order chi connectivity index (χ1) is 10.1. The molecule has 1 saturated heterocycles. The van der Waals surface area contributed by atoms with Crippen LogP contribution in [0.2, 0.25) is 0 Å². The summed E-state index contributed by atoms with van der Waals surface area (Å²) in [5, 5.41) is 3.83. The van der Waals surface area contributed by atoms with E-state index < -0.39 is 11.6 Å². The second kappa shape index (κ2) is 7.93. The number of halogens is 2. The maximum absolute atomic E-state index is 13.0. The van der Waals surface area contributed by atoms with E-state index in [-0.39, 0.29) is 6.61 Å². The molecule has 0 aliphatic carbocycles. The third kappa shape index (κ3) is 5.30. The second-order valence-corrected chi connectivity index (χ2v) is 5.29. The van der Waals surface area contributed by atoms with Gasteiger partial charge in [0, 0.05) is 0 Å². The molecule has 0 saturated carbocycles. The Kier molecular flexibility index (Phi) is 5.92. The second-order valence-electron chi connectivity index (χ2n) is 5.29. The fourth-order valence-electron chi connectivity index (χ4n) is 2.37. The van der Waals surface area contributed by atoms with E-state index in [1.165, 1.54) is 31.7 Å². The minimum absolute atomic E-state index is 0.0674. The first-order valence-electron chi connectivity index (χ1n) is 7.26. The first kappa shape index (κ1) is 15.7. The van der Waals surface area contributed by atoms with E-state index in [1.807, 2.05) is 0 Å². The van der Waals surface area contributed by atoms with Crippen LogP contribution in [-0.4, -0.2) is 30.4 Å². The molecule has 2 N–H and O–H groups in total. The standard InChI is InChI=1S/C15H21F2N3O/c16-13-6-5-12(9-14(13)17)11-21-19-15(18)10-20-7-3-1-2-4-8-20/h5-6,9H,1-4,7-8,10-11H2,(H2,18,19). The molecular formula is C15H21F2N3O. The van der Waals surface area contributed by atoms with Crippen molar-refractivity contribution in [1.82, 2.24) is 4.90 Å². The number of hydrogen-bond acceptors (Lipinski definition) is 3. The van der Waals surface area contributed by atoms with Crippen LogP contribution in [0.25, 0.3) is 0 Å². The summed E-state index contributed by atoms with van der Waals surface area (Å²) >= 11 is 0. The number of hydrogen-bond donors (Lipinski definition) is 1. The normalized spacial score (nSPS) is 17.5. The highest BCUT2D eigenvalue weighted by molar-refractivity contribution is 5.81. The highest BCUT2D eigenvalue weighted by atomic mass is 19.2. The number of nitrogens with two attached hydrogens (primary N) is 1. The molecule has 0 spiro atoms. The average Bonchev–Trinajstić information content (AvgIpc) is 2.71. The number of likely N-dealkylation sites (tertiary alicyclic amines) is 1. The highest BCUT2D eigenvalue weighted by Crippen LogP contribution is 2.10. The Bertz CT molecular complexity index is 486. The zero-order valence-corrected chi connectivity index (χ0v) is 12.0. The number of nitrogens with zero attached hydrogens (tertiary/aromatic N) is 2. The van der Waals surface area contributed by atoms with Crippen molar-refractivity contribution in [3.05, 3.63) is 35.4 Å². The van der Waals surface area contributed by atoms with Gasteiger partial charge in [-0.1, -0.05) is 24.1 Å².